The first-order chi connectivity index (χ1) is 15.5. The van der Waals surface area contributed by atoms with Gasteiger partial charge in [-0.05, 0) is 13.3 Å². The van der Waals surface area contributed by atoms with E-state index in [1.54, 1.807) is 0 Å². The SMILES string of the molecule is CC(O)C(NC(=O)C(N)Cc1cnc[nH]1)C(=O)NC(CO)C(=O)NC(CCC(N)=O)C(=O)O. The highest BCUT2D eigenvalue weighted by molar-refractivity contribution is 5.94. The number of carboxylic acids is 1. The van der Waals surface area contributed by atoms with Crippen LogP contribution in [0.2, 0.25) is 0 Å². The predicted octanol–water partition coefficient (Wildman–Crippen LogP) is -4.54. The number of primary amides is 1. The molecule has 33 heavy (non-hydrogen) atoms. The molecule has 0 aliphatic heterocycles. The number of nitrogens with one attached hydrogen (secondary N) is 4. The number of carbonyl (C=O) groups is 5. The second-order valence-electron chi connectivity index (χ2n) is 7.26. The fraction of sp³-hybridized carbons (Fsp3) is 0.556. The summed E-state index contributed by atoms with van der Waals surface area (Å²) in [6.45, 7) is 0.294. The first-order valence-corrected chi connectivity index (χ1v) is 9.90. The van der Waals surface area contributed by atoms with Gasteiger partial charge in [0.05, 0.1) is 25.1 Å². The van der Waals surface area contributed by atoms with Gasteiger partial charge in [0.25, 0.3) is 0 Å². The molecule has 0 aliphatic rings. The van der Waals surface area contributed by atoms with Crippen LogP contribution in [0, 0.1) is 0 Å². The first kappa shape index (κ1) is 27.5. The molecule has 1 aromatic rings. The van der Waals surface area contributed by atoms with Crippen LogP contribution in [-0.2, 0) is 30.4 Å². The summed E-state index contributed by atoms with van der Waals surface area (Å²) in [5.41, 5.74) is 11.3. The number of aromatic amines is 1. The van der Waals surface area contributed by atoms with Crippen molar-refractivity contribution in [3.05, 3.63) is 18.2 Å². The number of nitrogens with zero attached hydrogens (tertiary/aromatic N) is 1. The third-order valence-electron chi connectivity index (χ3n) is 4.50. The first-order valence-electron chi connectivity index (χ1n) is 9.90. The van der Waals surface area contributed by atoms with Crippen LogP contribution in [0.5, 0.6) is 0 Å². The number of carboxylic acid groups (broad SMARTS) is 1. The molecule has 4 amide bonds. The van der Waals surface area contributed by atoms with Crippen LogP contribution in [0.1, 0.15) is 25.5 Å². The average molecular weight is 471 g/mol. The lowest BCUT2D eigenvalue weighted by Gasteiger charge is -2.25. The molecule has 1 aromatic heterocycles. The second-order valence-corrected chi connectivity index (χ2v) is 7.26. The van der Waals surface area contributed by atoms with Gasteiger partial charge in [-0.3, -0.25) is 19.2 Å². The van der Waals surface area contributed by atoms with E-state index in [2.05, 4.69) is 25.9 Å². The highest BCUT2D eigenvalue weighted by atomic mass is 16.4. The van der Waals surface area contributed by atoms with E-state index < -0.39 is 66.5 Å². The molecule has 0 radical (unpaired) electrons. The number of nitrogens with two attached hydrogens (primary N) is 2. The van der Waals surface area contributed by atoms with Crippen LogP contribution >= 0.6 is 0 Å². The normalized spacial score (nSPS) is 15.4. The number of imidazole rings is 1. The molecule has 5 unspecified atom stereocenters. The molecule has 0 bridgehead atoms. The van der Waals surface area contributed by atoms with Crippen molar-refractivity contribution in [2.24, 2.45) is 11.5 Å². The van der Waals surface area contributed by atoms with Gasteiger partial charge in [-0.25, -0.2) is 9.78 Å². The van der Waals surface area contributed by atoms with Crippen molar-refractivity contribution in [1.82, 2.24) is 25.9 Å². The van der Waals surface area contributed by atoms with Gasteiger partial charge in [-0.2, -0.15) is 0 Å². The number of aliphatic hydroxyl groups is 2. The standard InChI is InChI=1S/C18H29N7O8/c1-8(27)14(25-15(29)10(19)4-9-5-21-7-22-9)17(31)24-12(6-26)16(30)23-11(18(32)33)2-3-13(20)28/h5,7-8,10-12,14,26-27H,2-4,6,19H2,1H3,(H2,20,28)(H,21,22)(H,23,30)(H,24,31)(H,25,29)(H,32,33). The summed E-state index contributed by atoms with van der Waals surface area (Å²) in [5, 5.41) is 35.0. The fourth-order valence-electron chi connectivity index (χ4n) is 2.66. The minimum atomic E-state index is -1.61. The highest BCUT2D eigenvalue weighted by Crippen LogP contribution is 2.02. The van der Waals surface area contributed by atoms with Crippen molar-refractivity contribution in [1.29, 1.82) is 0 Å². The summed E-state index contributed by atoms with van der Waals surface area (Å²) in [7, 11) is 0. The Labute approximate surface area is 188 Å². The molecule has 11 N–H and O–H groups in total. The zero-order chi connectivity index (χ0) is 25.1. The van der Waals surface area contributed by atoms with Crippen LogP contribution in [-0.4, -0.2) is 91.8 Å². The fourth-order valence-corrected chi connectivity index (χ4v) is 2.66. The van der Waals surface area contributed by atoms with Crippen molar-refractivity contribution in [2.45, 2.75) is 56.5 Å². The van der Waals surface area contributed by atoms with E-state index in [4.69, 9.17) is 16.6 Å². The summed E-state index contributed by atoms with van der Waals surface area (Å²) in [6, 6.07) is -5.72. The topological polar surface area (TPSA) is 263 Å². The number of amides is 4. The van der Waals surface area contributed by atoms with Crippen molar-refractivity contribution in [3.63, 3.8) is 0 Å². The Bertz CT molecular complexity index is 830. The maximum atomic E-state index is 12.6. The molecule has 15 nitrogen and oxygen atoms in total. The molecular weight excluding hydrogens is 442 g/mol. The van der Waals surface area contributed by atoms with Crippen molar-refractivity contribution < 1.29 is 39.3 Å². The van der Waals surface area contributed by atoms with Crippen molar-refractivity contribution in [3.8, 4) is 0 Å². The Balaban J connectivity index is 2.77. The number of rotatable bonds is 14. The van der Waals surface area contributed by atoms with E-state index in [0.29, 0.717) is 5.69 Å². The van der Waals surface area contributed by atoms with Gasteiger partial charge in [0, 0.05) is 24.7 Å². The zero-order valence-electron chi connectivity index (χ0n) is 17.9. The minimum absolute atomic E-state index is 0.0729. The smallest absolute Gasteiger partial charge is 0.326 e. The molecule has 0 spiro atoms. The van der Waals surface area contributed by atoms with Gasteiger partial charge in [-0.1, -0.05) is 0 Å². The second kappa shape index (κ2) is 13.1. The molecule has 1 heterocycles. The largest absolute Gasteiger partial charge is 0.480 e. The number of aromatic nitrogens is 2. The van der Waals surface area contributed by atoms with E-state index in [-0.39, 0.29) is 19.3 Å². The van der Waals surface area contributed by atoms with E-state index in [9.17, 15) is 34.2 Å². The maximum absolute atomic E-state index is 12.6. The summed E-state index contributed by atoms with van der Waals surface area (Å²) >= 11 is 0. The molecule has 0 fully saturated rings. The Hall–Kier alpha value is -3.56. The van der Waals surface area contributed by atoms with Gasteiger partial charge in [0.15, 0.2) is 0 Å². The van der Waals surface area contributed by atoms with Gasteiger partial charge >= 0.3 is 5.97 Å². The van der Waals surface area contributed by atoms with Gasteiger partial charge in [0.2, 0.25) is 23.6 Å². The summed E-state index contributed by atoms with van der Waals surface area (Å²) < 4.78 is 0. The Morgan fingerprint density at radius 3 is 2.21 bits per heavy atom. The number of hydrogen-bond donors (Lipinski definition) is 9. The molecule has 0 aromatic carbocycles. The average Bonchev–Trinajstić information content (AvgIpc) is 3.24. The van der Waals surface area contributed by atoms with Gasteiger partial charge in [-0.15, -0.1) is 0 Å². The van der Waals surface area contributed by atoms with Gasteiger partial charge in [0.1, 0.15) is 18.1 Å². The molecular formula is C18H29N7O8. The molecule has 0 saturated carbocycles. The third kappa shape index (κ3) is 9.22. The number of aliphatic hydroxyl groups excluding tert-OH is 2. The highest BCUT2D eigenvalue weighted by Gasteiger charge is 2.32. The Morgan fingerprint density at radius 1 is 1.09 bits per heavy atom. The minimum Gasteiger partial charge on any atom is -0.480 e. The van der Waals surface area contributed by atoms with Crippen LogP contribution < -0.4 is 27.4 Å². The number of carbonyl (C=O) groups excluding carboxylic acids is 4. The van der Waals surface area contributed by atoms with Crippen LogP contribution in [0.3, 0.4) is 0 Å². The monoisotopic (exact) mass is 471 g/mol. The zero-order valence-corrected chi connectivity index (χ0v) is 17.9. The number of hydrogen-bond acceptors (Lipinski definition) is 9. The third-order valence-corrected chi connectivity index (χ3v) is 4.50. The molecule has 0 saturated heterocycles. The van der Waals surface area contributed by atoms with Crippen LogP contribution in [0.25, 0.3) is 0 Å². The van der Waals surface area contributed by atoms with Crippen LogP contribution in [0.15, 0.2) is 12.5 Å². The summed E-state index contributed by atoms with van der Waals surface area (Å²) in [6.07, 6.45) is 0.909. The Morgan fingerprint density at radius 2 is 1.73 bits per heavy atom. The van der Waals surface area contributed by atoms with E-state index in [0.717, 1.165) is 0 Å². The molecule has 184 valence electrons. The summed E-state index contributed by atoms with van der Waals surface area (Å²) in [4.78, 5) is 65.9. The quantitative estimate of drug-likeness (QED) is 0.125. The molecule has 15 heteroatoms. The van der Waals surface area contributed by atoms with E-state index >= 15 is 0 Å². The number of aliphatic carboxylic acids is 1. The summed E-state index contributed by atoms with van der Waals surface area (Å²) in [5.74, 6) is -5.08. The molecule has 5 atom stereocenters. The lowest BCUT2D eigenvalue weighted by Crippen LogP contribution is -2.60. The van der Waals surface area contributed by atoms with Crippen molar-refractivity contribution in [2.75, 3.05) is 6.61 Å². The molecule has 1 rings (SSSR count). The van der Waals surface area contributed by atoms with Crippen LogP contribution in [0.4, 0.5) is 0 Å². The van der Waals surface area contributed by atoms with E-state index in [1.807, 2.05) is 0 Å². The molecule has 0 aliphatic carbocycles. The predicted molar refractivity (Wildman–Crippen MR) is 111 cm³/mol. The lowest BCUT2D eigenvalue weighted by molar-refractivity contribution is -0.143. The van der Waals surface area contributed by atoms with Crippen molar-refractivity contribution >= 4 is 29.6 Å². The maximum Gasteiger partial charge on any atom is 0.326 e. The number of H-pyrrole nitrogens is 1. The van der Waals surface area contributed by atoms with Gasteiger partial charge < -0.3 is 47.7 Å². The lowest BCUT2D eigenvalue weighted by atomic mass is 10.1. The van der Waals surface area contributed by atoms with E-state index in [1.165, 1.54) is 19.4 Å². The Kier molecular flexibility index (Phi) is 10.9.